The molecule has 1 heterocycles. The van der Waals surface area contributed by atoms with Crippen LogP contribution in [0.5, 0.6) is 5.75 Å². The van der Waals surface area contributed by atoms with Crippen molar-refractivity contribution in [3.63, 3.8) is 0 Å². The molecule has 156 valence electrons. The van der Waals surface area contributed by atoms with Crippen molar-refractivity contribution in [1.82, 2.24) is 9.80 Å². The lowest BCUT2D eigenvalue weighted by Gasteiger charge is -2.22. The van der Waals surface area contributed by atoms with Crippen LogP contribution >= 0.6 is 0 Å². The van der Waals surface area contributed by atoms with E-state index in [9.17, 15) is 14.4 Å². The number of carbonyl (C=O) groups is 3. The molecular weight excluding hydrogens is 392 g/mol. The van der Waals surface area contributed by atoms with Gasteiger partial charge in [-0.25, -0.2) is 4.79 Å². The summed E-state index contributed by atoms with van der Waals surface area (Å²) >= 11 is 0. The molecule has 0 aliphatic carbocycles. The second-order valence-electron chi connectivity index (χ2n) is 7.26. The van der Waals surface area contributed by atoms with Crippen molar-refractivity contribution in [2.45, 2.75) is 12.6 Å². The second-order valence-corrected chi connectivity index (χ2v) is 7.26. The van der Waals surface area contributed by atoms with E-state index in [4.69, 9.17) is 4.74 Å². The summed E-state index contributed by atoms with van der Waals surface area (Å²) in [4.78, 5) is 42.1. The van der Waals surface area contributed by atoms with E-state index < -0.39 is 18.0 Å². The highest BCUT2D eigenvalue weighted by molar-refractivity contribution is 6.10. The third-order valence-electron chi connectivity index (χ3n) is 5.31. The van der Waals surface area contributed by atoms with Crippen LogP contribution in [0.15, 0.2) is 84.9 Å². The molecule has 31 heavy (non-hydrogen) atoms. The largest absolute Gasteiger partial charge is 0.496 e. The fourth-order valence-corrected chi connectivity index (χ4v) is 3.79. The van der Waals surface area contributed by atoms with Crippen molar-refractivity contribution in [2.24, 2.45) is 0 Å². The number of nitrogens with zero attached hydrogens (tertiary/aromatic N) is 2. The quantitative estimate of drug-likeness (QED) is 0.432. The zero-order chi connectivity index (χ0) is 21.8. The number of rotatable bonds is 7. The van der Waals surface area contributed by atoms with Gasteiger partial charge in [0, 0.05) is 6.54 Å². The molecule has 6 nitrogen and oxygen atoms in total. The van der Waals surface area contributed by atoms with E-state index in [2.05, 4.69) is 0 Å². The van der Waals surface area contributed by atoms with Gasteiger partial charge >= 0.3 is 6.03 Å². The summed E-state index contributed by atoms with van der Waals surface area (Å²) in [6.07, 6.45) is 0. The van der Waals surface area contributed by atoms with E-state index in [1.54, 1.807) is 24.3 Å². The first-order chi connectivity index (χ1) is 15.1. The molecule has 6 heteroatoms. The molecule has 0 saturated carbocycles. The zero-order valence-corrected chi connectivity index (χ0v) is 17.1. The molecule has 1 aliphatic rings. The molecular formula is C25H22N2O4. The van der Waals surface area contributed by atoms with Gasteiger partial charge in [0.15, 0.2) is 5.78 Å². The number of ketones is 1. The fraction of sp³-hybridized carbons (Fsp3) is 0.160. The number of para-hydroxylation sites is 1. The minimum absolute atomic E-state index is 0.268. The molecule has 1 unspecified atom stereocenters. The summed E-state index contributed by atoms with van der Waals surface area (Å²) < 4.78 is 5.26. The molecule has 3 amide bonds. The number of hydrogen-bond acceptors (Lipinski definition) is 4. The number of hydrogen-bond donors (Lipinski definition) is 0. The van der Waals surface area contributed by atoms with Crippen LogP contribution in [0.1, 0.15) is 27.5 Å². The Hall–Kier alpha value is -3.93. The van der Waals surface area contributed by atoms with E-state index in [0.29, 0.717) is 16.9 Å². The highest BCUT2D eigenvalue weighted by atomic mass is 16.5. The minimum Gasteiger partial charge on any atom is -0.496 e. The van der Waals surface area contributed by atoms with Gasteiger partial charge in [-0.1, -0.05) is 72.8 Å². The van der Waals surface area contributed by atoms with Crippen molar-refractivity contribution in [1.29, 1.82) is 0 Å². The average Bonchev–Trinajstić information content (AvgIpc) is 3.04. The van der Waals surface area contributed by atoms with Crippen LogP contribution in [0.2, 0.25) is 0 Å². The van der Waals surface area contributed by atoms with Gasteiger partial charge in [-0.05, 0) is 23.3 Å². The Labute approximate surface area is 180 Å². The maximum absolute atomic E-state index is 13.3. The molecule has 0 spiro atoms. The Balaban J connectivity index is 1.65. The van der Waals surface area contributed by atoms with Crippen LogP contribution in [0, 0.1) is 0 Å². The topological polar surface area (TPSA) is 66.9 Å². The lowest BCUT2D eigenvalue weighted by molar-refractivity contribution is -0.128. The predicted molar refractivity (Wildman–Crippen MR) is 116 cm³/mol. The van der Waals surface area contributed by atoms with Crippen molar-refractivity contribution in [3.8, 4) is 5.75 Å². The van der Waals surface area contributed by atoms with Crippen molar-refractivity contribution >= 4 is 17.7 Å². The number of carbonyl (C=O) groups excluding carboxylic acids is 3. The SMILES string of the molecule is COc1ccccc1C(=O)CN1C(=O)C(c2ccccc2)N(Cc2ccccc2)C1=O. The third-order valence-corrected chi connectivity index (χ3v) is 5.31. The summed E-state index contributed by atoms with van der Waals surface area (Å²) in [5.74, 6) is -0.352. The molecule has 3 aromatic carbocycles. The number of imide groups is 1. The Bertz CT molecular complexity index is 1100. The number of Topliss-reactive ketones (excluding diaryl/α,β-unsaturated/α-hetero) is 1. The second kappa shape index (κ2) is 8.83. The highest BCUT2D eigenvalue weighted by Crippen LogP contribution is 2.33. The number of benzene rings is 3. The summed E-state index contributed by atoms with van der Waals surface area (Å²) in [7, 11) is 1.48. The van der Waals surface area contributed by atoms with Gasteiger partial charge in [0.1, 0.15) is 11.8 Å². The molecule has 1 saturated heterocycles. The molecule has 1 fully saturated rings. The molecule has 1 atom stereocenters. The molecule has 3 aromatic rings. The first-order valence-electron chi connectivity index (χ1n) is 9.97. The van der Waals surface area contributed by atoms with Gasteiger partial charge < -0.3 is 9.64 Å². The fourth-order valence-electron chi connectivity index (χ4n) is 3.79. The Morgan fingerprint density at radius 2 is 1.48 bits per heavy atom. The van der Waals surface area contributed by atoms with Crippen molar-refractivity contribution < 1.29 is 19.1 Å². The smallest absolute Gasteiger partial charge is 0.328 e. The summed E-state index contributed by atoms with van der Waals surface area (Å²) in [5.41, 5.74) is 1.95. The molecule has 1 aliphatic heterocycles. The van der Waals surface area contributed by atoms with Crippen LogP contribution in [0.25, 0.3) is 0 Å². The summed E-state index contributed by atoms with van der Waals surface area (Å²) in [5, 5.41) is 0. The summed E-state index contributed by atoms with van der Waals surface area (Å²) in [6, 6.07) is 24.2. The summed E-state index contributed by atoms with van der Waals surface area (Å²) in [6.45, 7) is -0.0724. The van der Waals surface area contributed by atoms with Crippen LogP contribution in [-0.2, 0) is 11.3 Å². The lowest BCUT2D eigenvalue weighted by atomic mass is 10.0. The highest BCUT2D eigenvalue weighted by Gasteiger charge is 2.46. The van der Waals surface area contributed by atoms with E-state index in [1.807, 2.05) is 60.7 Å². The zero-order valence-electron chi connectivity index (χ0n) is 17.1. The number of methoxy groups -OCH3 is 1. The van der Waals surface area contributed by atoms with E-state index in [-0.39, 0.29) is 18.9 Å². The monoisotopic (exact) mass is 414 g/mol. The average molecular weight is 414 g/mol. The van der Waals surface area contributed by atoms with Gasteiger partial charge in [0.05, 0.1) is 19.2 Å². The van der Waals surface area contributed by atoms with Crippen LogP contribution in [0.3, 0.4) is 0 Å². The minimum atomic E-state index is -0.778. The van der Waals surface area contributed by atoms with Crippen LogP contribution < -0.4 is 4.74 Å². The van der Waals surface area contributed by atoms with Crippen LogP contribution in [0.4, 0.5) is 4.79 Å². The van der Waals surface area contributed by atoms with E-state index >= 15 is 0 Å². The van der Waals surface area contributed by atoms with E-state index in [1.165, 1.54) is 12.0 Å². The normalized spacial score (nSPS) is 16.0. The van der Waals surface area contributed by atoms with Gasteiger partial charge in [0.2, 0.25) is 0 Å². The number of urea groups is 1. The Kier molecular flexibility index (Phi) is 5.80. The maximum Gasteiger partial charge on any atom is 0.328 e. The molecule has 4 rings (SSSR count). The Morgan fingerprint density at radius 3 is 2.16 bits per heavy atom. The number of amides is 3. The standard InChI is InChI=1S/C25H22N2O4/c1-31-22-15-9-8-14-20(22)21(28)17-27-24(29)23(19-12-6-3-7-13-19)26(25(27)30)16-18-10-4-2-5-11-18/h2-15,23H,16-17H2,1H3. The van der Waals surface area contributed by atoms with Crippen LogP contribution in [-0.4, -0.2) is 41.2 Å². The third kappa shape index (κ3) is 4.05. The van der Waals surface area contributed by atoms with Gasteiger partial charge in [-0.3, -0.25) is 14.5 Å². The number of ether oxygens (including phenoxy) is 1. The van der Waals surface area contributed by atoms with Gasteiger partial charge in [0.25, 0.3) is 5.91 Å². The molecule has 0 aromatic heterocycles. The van der Waals surface area contributed by atoms with E-state index in [0.717, 1.165) is 10.5 Å². The predicted octanol–water partition coefficient (Wildman–Crippen LogP) is 4.08. The molecule has 0 N–H and O–H groups in total. The Morgan fingerprint density at radius 1 is 0.871 bits per heavy atom. The van der Waals surface area contributed by atoms with Gasteiger partial charge in [-0.15, -0.1) is 0 Å². The van der Waals surface area contributed by atoms with Crippen molar-refractivity contribution in [3.05, 3.63) is 102 Å². The van der Waals surface area contributed by atoms with Gasteiger partial charge in [-0.2, -0.15) is 0 Å². The molecule has 0 bridgehead atoms. The maximum atomic E-state index is 13.3. The first kappa shape index (κ1) is 20.3. The lowest BCUT2D eigenvalue weighted by Crippen LogP contribution is -2.37. The molecule has 0 radical (unpaired) electrons. The first-order valence-corrected chi connectivity index (χ1v) is 9.97. The van der Waals surface area contributed by atoms with Crippen molar-refractivity contribution in [2.75, 3.05) is 13.7 Å².